The predicted octanol–water partition coefficient (Wildman–Crippen LogP) is 3.31. The molecule has 0 unspecified atom stereocenters. The van der Waals surface area contributed by atoms with E-state index in [1.165, 1.54) is 24.3 Å². The number of hydrogen-bond donors (Lipinski definition) is 1. The van der Waals surface area contributed by atoms with E-state index in [-0.39, 0.29) is 17.5 Å². The maximum Gasteiger partial charge on any atom is 0.238 e. The van der Waals surface area contributed by atoms with Crippen molar-refractivity contribution in [3.05, 3.63) is 60.2 Å². The number of carbonyl (C=O) groups is 1. The number of hydrogen-bond acceptors (Lipinski definition) is 4. The molecular formula is C20H23F2N3OS. The molecule has 2 aromatic carbocycles. The Labute approximate surface area is 162 Å². The minimum atomic E-state index is -0.361. The molecule has 0 radical (unpaired) electrons. The second-order valence-corrected chi connectivity index (χ2v) is 7.65. The Hall–Kier alpha value is -1.96. The lowest BCUT2D eigenvalue weighted by molar-refractivity contribution is -0.117. The zero-order valence-corrected chi connectivity index (χ0v) is 15.9. The van der Waals surface area contributed by atoms with Gasteiger partial charge in [0.1, 0.15) is 11.6 Å². The summed E-state index contributed by atoms with van der Waals surface area (Å²) in [6, 6.07) is 12.5. The van der Waals surface area contributed by atoms with Crippen LogP contribution in [-0.2, 0) is 4.79 Å². The third-order valence-corrected chi connectivity index (χ3v) is 5.42. The zero-order chi connectivity index (χ0) is 19.1. The SMILES string of the molecule is O=C(CN1CCN(CCSc2ccc(F)cc2)CC1)Nc1cccc(F)c1. The third-order valence-electron chi connectivity index (χ3n) is 4.43. The molecule has 0 bridgehead atoms. The summed E-state index contributed by atoms with van der Waals surface area (Å²) in [7, 11) is 0. The fourth-order valence-corrected chi connectivity index (χ4v) is 3.88. The van der Waals surface area contributed by atoms with E-state index in [2.05, 4.69) is 15.1 Å². The number of benzene rings is 2. The van der Waals surface area contributed by atoms with E-state index in [9.17, 15) is 13.6 Å². The van der Waals surface area contributed by atoms with Gasteiger partial charge < -0.3 is 5.32 Å². The van der Waals surface area contributed by atoms with Gasteiger partial charge in [0, 0.05) is 49.1 Å². The first-order valence-corrected chi connectivity index (χ1v) is 9.95. The van der Waals surface area contributed by atoms with Gasteiger partial charge in [0.15, 0.2) is 0 Å². The number of rotatable bonds is 7. The van der Waals surface area contributed by atoms with Gasteiger partial charge in [0.25, 0.3) is 0 Å². The molecule has 1 saturated heterocycles. The number of piperazine rings is 1. The van der Waals surface area contributed by atoms with Crippen LogP contribution >= 0.6 is 11.8 Å². The number of amides is 1. The first-order chi connectivity index (χ1) is 13.1. The molecule has 4 nitrogen and oxygen atoms in total. The number of nitrogens with zero attached hydrogens (tertiary/aromatic N) is 2. The molecule has 7 heteroatoms. The van der Waals surface area contributed by atoms with E-state index in [0.29, 0.717) is 12.2 Å². The molecule has 1 fully saturated rings. The molecule has 0 spiro atoms. The highest BCUT2D eigenvalue weighted by Crippen LogP contribution is 2.18. The van der Waals surface area contributed by atoms with Gasteiger partial charge in [-0.05, 0) is 42.5 Å². The molecule has 0 saturated carbocycles. The van der Waals surface area contributed by atoms with Crippen molar-refractivity contribution < 1.29 is 13.6 Å². The van der Waals surface area contributed by atoms with E-state index in [1.807, 2.05) is 0 Å². The summed E-state index contributed by atoms with van der Waals surface area (Å²) in [5, 5.41) is 2.73. The first kappa shape index (κ1) is 19.8. The molecule has 144 valence electrons. The fraction of sp³-hybridized carbons (Fsp3) is 0.350. The average molecular weight is 391 g/mol. The molecule has 1 amide bonds. The Morgan fingerprint density at radius 3 is 2.37 bits per heavy atom. The molecule has 27 heavy (non-hydrogen) atoms. The maximum absolute atomic E-state index is 13.2. The van der Waals surface area contributed by atoms with Crippen LogP contribution in [-0.4, -0.2) is 60.7 Å². The number of anilines is 1. The van der Waals surface area contributed by atoms with Gasteiger partial charge >= 0.3 is 0 Å². The Bertz CT molecular complexity index is 749. The second-order valence-electron chi connectivity index (χ2n) is 6.48. The van der Waals surface area contributed by atoms with Gasteiger partial charge in [0.2, 0.25) is 5.91 Å². The van der Waals surface area contributed by atoms with E-state index < -0.39 is 0 Å². The minimum Gasteiger partial charge on any atom is -0.325 e. The van der Waals surface area contributed by atoms with Gasteiger partial charge in [-0.15, -0.1) is 11.8 Å². The van der Waals surface area contributed by atoms with Crippen molar-refractivity contribution in [1.29, 1.82) is 0 Å². The molecule has 2 aromatic rings. The largest absolute Gasteiger partial charge is 0.325 e. The van der Waals surface area contributed by atoms with E-state index in [1.54, 1.807) is 36.0 Å². The van der Waals surface area contributed by atoms with Crippen molar-refractivity contribution in [2.24, 2.45) is 0 Å². The monoisotopic (exact) mass is 391 g/mol. The van der Waals surface area contributed by atoms with Gasteiger partial charge in [0.05, 0.1) is 6.54 Å². The van der Waals surface area contributed by atoms with E-state index >= 15 is 0 Å². The smallest absolute Gasteiger partial charge is 0.238 e. The second kappa shape index (κ2) is 9.82. The highest BCUT2D eigenvalue weighted by Gasteiger charge is 2.18. The van der Waals surface area contributed by atoms with Crippen molar-refractivity contribution in [3.63, 3.8) is 0 Å². The average Bonchev–Trinajstić information content (AvgIpc) is 2.65. The van der Waals surface area contributed by atoms with E-state index in [0.717, 1.165) is 43.4 Å². The molecule has 0 aromatic heterocycles. The van der Waals surface area contributed by atoms with Crippen LogP contribution in [0.25, 0.3) is 0 Å². The summed E-state index contributed by atoms with van der Waals surface area (Å²) in [5.41, 5.74) is 0.483. The molecule has 0 aliphatic carbocycles. The van der Waals surface area contributed by atoms with Crippen LogP contribution < -0.4 is 5.32 Å². The maximum atomic E-state index is 13.2. The van der Waals surface area contributed by atoms with Crippen molar-refractivity contribution in [2.75, 3.05) is 50.3 Å². The summed E-state index contributed by atoms with van der Waals surface area (Å²) in [5.74, 6) is 0.254. The molecule has 1 N–H and O–H groups in total. The number of carbonyl (C=O) groups excluding carboxylic acids is 1. The van der Waals surface area contributed by atoms with Crippen LogP contribution in [0.3, 0.4) is 0 Å². The summed E-state index contributed by atoms with van der Waals surface area (Å²) >= 11 is 1.72. The molecular weight excluding hydrogens is 368 g/mol. The van der Waals surface area contributed by atoms with Crippen LogP contribution in [0.4, 0.5) is 14.5 Å². The first-order valence-electron chi connectivity index (χ1n) is 8.97. The molecule has 0 atom stereocenters. The molecule has 1 aliphatic rings. The van der Waals surface area contributed by atoms with Gasteiger partial charge in [-0.3, -0.25) is 14.6 Å². The highest BCUT2D eigenvalue weighted by atomic mass is 32.2. The molecule has 1 heterocycles. The normalized spacial score (nSPS) is 15.6. The Kier molecular flexibility index (Phi) is 7.20. The number of thioether (sulfide) groups is 1. The summed E-state index contributed by atoms with van der Waals surface area (Å²) in [6.07, 6.45) is 0. The van der Waals surface area contributed by atoms with Gasteiger partial charge in [-0.2, -0.15) is 0 Å². The summed E-state index contributed by atoms with van der Waals surface area (Å²) < 4.78 is 26.1. The van der Waals surface area contributed by atoms with Crippen molar-refractivity contribution >= 4 is 23.4 Å². The number of halogens is 2. The quantitative estimate of drug-likeness (QED) is 0.735. The van der Waals surface area contributed by atoms with Crippen molar-refractivity contribution in [1.82, 2.24) is 9.80 Å². The highest BCUT2D eigenvalue weighted by molar-refractivity contribution is 7.99. The van der Waals surface area contributed by atoms with Crippen LogP contribution in [0.15, 0.2) is 53.4 Å². The number of nitrogens with one attached hydrogen (secondary N) is 1. The topological polar surface area (TPSA) is 35.6 Å². The van der Waals surface area contributed by atoms with Crippen LogP contribution in [0.5, 0.6) is 0 Å². The van der Waals surface area contributed by atoms with Crippen LogP contribution in [0.2, 0.25) is 0 Å². The van der Waals surface area contributed by atoms with E-state index in [4.69, 9.17) is 0 Å². The van der Waals surface area contributed by atoms with Crippen LogP contribution in [0.1, 0.15) is 0 Å². The lowest BCUT2D eigenvalue weighted by atomic mass is 10.3. The summed E-state index contributed by atoms with van der Waals surface area (Å²) in [6.45, 7) is 4.77. The third kappa shape index (κ3) is 6.61. The lowest BCUT2D eigenvalue weighted by Crippen LogP contribution is -2.49. The fourth-order valence-electron chi connectivity index (χ4n) is 2.96. The van der Waals surface area contributed by atoms with Crippen molar-refractivity contribution in [3.8, 4) is 0 Å². The van der Waals surface area contributed by atoms with Crippen LogP contribution in [0, 0.1) is 11.6 Å². The lowest BCUT2D eigenvalue weighted by Gasteiger charge is -2.34. The summed E-state index contributed by atoms with van der Waals surface area (Å²) in [4.78, 5) is 17.7. The van der Waals surface area contributed by atoms with Crippen molar-refractivity contribution in [2.45, 2.75) is 4.90 Å². The Morgan fingerprint density at radius 1 is 0.963 bits per heavy atom. The van der Waals surface area contributed by atoms with Gasteiger partial charge in [-0.1, -0.05) is 6.07 Å². The Morgan fingerprint density at radius 2 is 1.67 bits per heavy atom. The molecule has 3 rings (SSSR count). The predicted molar refractivity (Wildman–Crippen MR) is 105 cm³/mol. The van der Waals surface area contributed by atoms with Gasteiger partial charge in [-0.25, -0.2) is 8.78 Å². The zero-order valence-electron chi connectivity index (χ0n) is 15.0. The minimum absolute atomic E-state index is 0.124. The molecule has 1 aliphatic heterocycles. The standard InChI is InChI=1S/C20H23F2N3OS/c21-16-4-6-19(7-5-16)27-13-12-24-8-10-25(11-9-24)15-20(26)23-18-3-1-2-17(22)14-18/h1-7,14H,8-13,15H2,(H,23,26). The Balaban J connectivity index is 1.33.